The van der Waals surface area contributed by atoms with Gasteiger partial charge in [-0.3, -0.25) is 0 Å². The van der Waals surface area contributed by atoms with Gasteiger partial charge >= 0.3 is 5.97 Å². The molecule has 0 bridgehead atoms. The highest BCUT2D eigenvalue weighted by atomic mass is 79.9. The first kappa shape index (κ1) is 16.7. The lowest BCUT2D eigenvalue weighted by atomic mass is 10.1. The van der Waals surface area contributed by atoms with E-state index in [0.29, 0.717) is 12.1 Å². The summed E-state index contributed by atoms with van der Waals surface area (Å²) in [4.78, 5) is 11.5. The first-order valence-electron chi connectivity index (χ1n) is 6.91. The van der Waals surface area contributed by atoms with Crippen LogP contribution in [0, 0.1) is 0 Å². The first-order valence-corrected chi connectivity index (χ1v) is 7.71. The number of carbonyl (C=O) groups is 1. The second kappa shape index (κ2) is 8.08. The maximum Gasteiger partial charge on any atom is 0.337 e. The normalized spacial score (nSPS) is 12.0. The third-order valence-electron chi connectivity index (χ3n) is 3.40. The van der Waals surface area contributed by atoms with Crippen LogP contribution in [0.1, 0.15) is 27.5 Å². The number of nitrogens with one attached hydrogen (secondary N) is 1. The first-order chi connectivity index (χ1) is 10.7. The number of halogens is 1. The van der Waals surface area contributed by atoms with Crippen LogP contribution in [-0.4, -0.2) is 24.8 Å². The molecule has 0 saturated heterocycles. The molecule has 0 radical (unpaired) electrons. The number of carbonyl (C=O) groups excluding carboxylic acids is 1. The number of methoxy groups -OCH3 is 1. The second-order valence-corrected chi connectivity index (χ2v) is 5.68. The van der Waals surface area contributed by atoms with E-state index in [1.54, 1.807) is 12.1 Å². The molecule has 22 heavy (non-hydrogen) atoms. The SMILES string of the molecule is COC(=O)c1ccc(CN[C@H](CO)c2ccccc2)c(Br)c1. The van der Waals surface area contributed by atoms with E-state index in [0.717, 1.165) is 15.6 Å². The molecule has 4 nitrogen and oxygen atoms in total. The molecule has 0 amide bonds. The standard InChI is InChI=1S/C17H18BrNO3/c1-22-17(21)13-7-8-14(15(18)9-13)10-19-16(11-20)12-5-3-2-4-6-12/h2-9,16,19-20H,10-11H2,1H3/t16-/m1/s1. The van der Waals surface area contributed by atoms with E-state index >= 15 is 0 Å². The largest absolute Gasteiger partial charge is 0.465 e. The van der Waals surface area contributed by atoms with Crippen molar-refractivity contribution in [3.63, 3.8) is 0 Å². The molecule has 2 aromatic rings. The van der Waals surface area contributed by atoms with Crippen LogP contribution < -0.4 is 5.32 Å². The van der Waals surface area contributed by atoms with Crippen LogP contribution in [0.5, 0.6) is 0 Å². The number of esters is 1. The summed E-state index contributed by atoms with van der Waals surface area (Å²) in [6, 6.07) is 15.0. The van der Waals surface area contributed by atoms with E-state index in [-0.39, 0.29) is 18.6 Å². The van der Waals surface area contributed by atoms with Crippen molar-refractivity contribution in [2.24, 2.45) is 0 Å². The number of hydrogen-bond acceptors (Lipinski definition) is 4. The highest BCUT2D eigenvalue weighted by Gasteiger charge is 2.12. The van der Waals surface area contributed by atoms with Crippen LogP contribution in [-0.2, 0) is 11.3 Å². The van der Waals surface area contributed by atoms with E-state index < -0.39 is 0 Å². The molecule has 2 rings (SSSR count). The fourth-order valence-electron chi connectivity index (χ4n) is 2.14. The minimum Gasteiger partial charge on any atom is -0.465 e. The van der Waals surface area contributed by atoms with Crippen LogP contribution in [0.15, 0.2) is 53.0 Å². The number of ether oxygens (including phenoxy) is 1. The monoisotopic (exact) mass is 363 g/mol. The minimum absolute atomic E-state index is 0.0158. The molecule has 0 aliphatic rings. The molecule has 0 spiro atoms. The van der Waals surface area contributed by atoms with Gasteiger partial charge in [0.05, 0.1) is 25.3 Å². The van der Waals surface area contributed by atoms with Gasteiger partial charge in [0, 0.05) is 11.0 Å². The van der Waals surface area contributed by atoms with Crippen molar-refractivity contribution < 1.29 is 14.6 Å². The molecule has 116 valence electrons. The Bertz CT molecular complexity index is 631. The van der Waals surface area contributed by atoms with Crippen LogP contribution in [0.4, 0.5) is 0 Å². The van der Waals surface area contributed by atoms with E-state index in [1.807, 2.05) is 36.4 Å². The molecule has 0 heterocycles. The molecule has 0 aliphatic heterocycles. The van der Waals surface area contributed by atoms with Crippen molar-refractivity contribution in [3.05, 3.63) is 69.7 Å². The highest BCUT2D eigenvalue weighted by Crippen LogP contribution is 2.20. The predicted octanol–water partition coefficient (Wildman–Crippen LogP) is 3.06. The Labute approximate surface area is 138 Å². The Kier molecular flexibility index (Phi) is 6.12. The molecule has 0 saturated carbocycles. The summed E-state index contributed by atoms with van der Waals surface area (Å²) in [6.45, 7) is 0.587. The maximum atomic E-state index is 11.5. The molecule has 1 atom stereocenters. The summed E-state index contributed by atoms with van der Waals surface area (Å²) in [7, 11) is 1.36. The summed E-state index contributed by atoms with van der Waals surface area (Å²) < 4.78 is 5.52. The van der Waals surface area contributed by atoms with Gasteiger partial charge in [0.25, 0.3) is 0 Å². The summed E-state index contributed by atoms with van der Waals surface area (Å²) in [5.41, 5.74) is 2.54. The predicted molar refractivity (Wildman–Crippen MR) is 88.6 cm³/mol. The molecule has 0 unspecified atom stereocenters. The summed E-state index contributed by atoms with van der Waals surface area (Å²) in [5.74, 6) is -0.363. The van der Waals surface area contributed by atoms with Crippen LogP contribution in [0.3, 0.4) is 0 Å². The van der Waals surface area contributed by atoms with Gasteiger partial charge in [-0.15, -0.1) is 0 Å². The van der Waals surface area contributed by atoms with Gasteiger partial charge in [0.15, 0.2) is 0 Å². The van der Waals surface area contributed by atoms with Gasteiger partial charge in [-0.2, -0.15) is 0 Å². The van der Waals surface area contributed by atoms with Gasteiger partial charge in [-0.25, -0.2) is 4.79 Å². The van der Waals surface area contributed by atoms with E-state index in [2.05, 4.69) is 21.2 Å². The fourth-order valence-corrected chi connectivity index (χ4v) is 2.66. The number of hydrogen-bond donors (Lipinski definition) is 2. The minimum atomic E-state index is -0.363. The molecule has 0 aromatic heterocycles. The van der Waals surface area contributed by atoms with Crippen molar-refractivity contribution in [2.75, 3.05) is 13.7 Å². The quantitative estimate of drug-likeness (QED) is 0.774. The second-order valence-electron chi connectivity index (χ2n) is 4.82. The lowest BCUT2D eigenvalue weighted by Crippen LogP contribution is -2.24. The lowest BCUT2D eigenvalue weighted by Gasteiger charge is -2.17. The number of aliphatic hydroxyl groups is 1. The number of rotatable bonds is 6. The van der Waals surface area contributed by atoms with Crippen LogP contribution >= 0.6 is 15.9 Å². The molecular weight excluding hydrogens is 346 g/mol. The summed E-state index contributed by atoms with van der Waals surface area (Å²) in [5, 5.41) is 12.8. The topological polar surface area (TPSA) is 58.6 Å². The third kappa shape index (κ3) is 4.16. The van der Waals surface area contributed by atoms with Gasteiger partial charge in [-0.1, -0.05) is 52.3 Å². The zero-order valence-corrected chi connectivity index (χ0v) is 13.8. The Morgan fingerprint density at radius 3 is 2.59 bits per heavy atom. The summed E-state index contributed by atoms with van der Waals surface area (Å²) in [6.07, 6.45) is 0. The van der Waals surface area contributed by atoms with Gasteiger partial charge in [-0.05, 0) is 23.3 Å². The van der Waals surface area contributed by atoms with Gasteiger partial charge in [0.1, 0.15) is 0 Å². The lowest BCUT2D eigenvalue weighted by molar-refractivity contribution is 0.0600. The Morgan fingerprint density at radius 1 is 1.27 bits per heavy atom. The molecule has 2 aromatic carbocycles. The molecule has 0 fully saturated rings. The Balaban J connectivity index is 2.06. The number of benzene rings is 2. The van der Waals surface area contributed by atoms with E-state index in [1.165, 1.54) is 7.11 Å². The van der Waals surface area contributed by atoms with Crippen molar-refractivity contribution in [2.45, 2.75) is 12.6 Å². The van der Waals surface area contributed by atoms with Crippen molar-refractivity contribution in [1.29, 1.82) is 0 Å². The smallest absolute Gasteiger partial charge is 0.337 e. The zero-order chi connectivity index (χ0) is 15.9. The molecule has 5 heteroatoms. The third-order valence-corrected chi connectivity index (χ3v) is 4.14. The average Bonchev–Trinajstić information content (AvgIpc) is 2.56. The zero-order valence-electron chi connectivity index (χ0n) is 12.3. The average molecular weight is 364 g/mol. The van der Waals surface area contributed by atoms with Crippen molar-refractivity contribution >= 4 is 21.9 Å². The molecule has 0 aliphatic carbocycles. The highest BCUT2D eigenvalue weighted by molar-refractivity contribution is 9.10. The van der Waals surface area contributed by atoms with Crippen molar-refractivity contribution in [1.82, 2.24) is 5.32 Å². The Morgan fingerprint density at radius 2 is 2.00 bits per heavy atom. The van der Waals surface area contributed by atoms with Gasteiger partial charge in [0.2, 0.25) is 0 Å². The molecule has 2 N–H and O–H groups in total. The molecular formula is C17H18BrNO3. The van der Waals surface area contributed by atoms with E-state index in [4.69, 9.17) is 4.74 Å². The van der Waals surface area contributed by atoms with Gasteiger partial charge < -0.3 is 15.2 Å². The van der Waals surface area contributed by atoms with Crippen molar-refractivity contribution in [3.8, 4) is 0 Å². The maximum absolute atomic E-state index is 11.5. The van der Waals surface area contributed by atoms with Crippen LogP contribution in [0.25, 0.3) is 0 Å². The Hall–Kier alpha value is -1.69. The fraction of sp³-hybridized carbons (Fsp3) is 0.235. The van der Waals surface area contributed by atoms with E-state index in [9.17, 15) is 9.90 Å². The number of aliphatic hydroxyl groups excluding tert-OH is 1. The summed E-state index contributed by atoms with van der Waals surface area (Å²) >= 11 is 3.46. The van der Waals surface area contributed by atoms with Crippen LogP contribution in [0.2, 0.25) is 0 Å².